The van der Waals surface area contributed by atoms with E-state index in [4.69, 9.17) is 15.3 Å². The zero-order valence-corrected chi connectivity index (χ0v) is 7.54. The summed E-state index contributed by atoms with van der Waals surface area (Å²) in [6.45, 7) is 0. The Morgan fingerprint density at radius 3 is 2.47 bits per heavy atom. The predicted molar refractivity (Wildman–Crippen MR) is 50.8 cm³/mol. The maximum atomic E-state index is 11.3. The molecule has 0 spiro atoms. The number of benzene rings is 1. The van der Waals surface area contributed by atoms with Crippen LogP contribution in [0, 0.1) is 0 Å². The van der Waals surface area contributed by atoms with Gasteiger partial charge >= 0.3 is 11.6 Å². The molecule has 5 heteroatoms. The van der Waals surface area contributed by atoms with Crippen molar-refractivity contribution in [2.24, 2.45) is 0 Å². The summed E-state index contributed by atoms with van der Waals surface area (Å²) in [5.41, 5.74) is -0.732. The van der Waals surface area contributed by atoms with Gasteiger partial charge in [-0.1, -0.05) is 18.2 Å². The van der Waals surface area contributed by atoms with Gasteiger partial charge in [-0.25, -0.2) is 4.79 Å². The first-order valence-electron chi connectivity index (χ1n) is 4.19. The average molecular weight is 208 g/mol. The summed E-state index contributed by atoms with van der Waals surface area (Å²) in [6.07, 6.45) is 0. The molecule has 0 aliphatic rings. The lowest BCUT2D eigenvalue weighted by Crippen LogP contribution is -2.25. The summed E-state index contributed by atoms with van der Waals surface area (Å²) in [4.78, 5) is 11.3. The van der Waals surface area contributed by atoms with Crippen molar-refractivity contribution >= 4 is 10.8 Å². The molecule has 1 heterocycles. The molecule has 1 aromatic carbocycles. The average Bonchev–Trinajstić information content (AvgIpc) is 2.16. The van der Waals surface area contributed by atoms with E-state index in [1.165, 1.54) is 6.07 Å². The second-order valence-electron chi connectivity index (χ2n) is 3.12. The number of hydrogen-bond donors (Lipinski definition) is 3. The molecular weight excluding hydrogens is 200 g/mol. The third-order valence-electron chi connectivity index (χ3n) is 2.00. The van der Waals surface area contributed by atoms with Crippen molar-refractivity contribution in [1.29, 1.82) is 0 Å². The van der Waals surface area contributed by atoms with Crippen LogP contribution in [0.2, 0.25) is 0 Å². The molecule has 0 aliphatic heterocycles. The van der Waals surface area contributed by atoms with Crippen LogP contribution in [0.1, 0.15) is 5.76 Å². The van der Waals surface area contributed by atoms with Crippen molar-refractivity contribution in [2.45, 2.75) is 5.97 Å². The van der Waals surface area contributed by atoms with Gasteiger partial charge in [0.25, 0.3) is 0 Å². The smallest absolute Gasteiger partial charge is 0.344 e. The molecule has 5 nitrogen and oxygen atoms in total. The Morgan fingerprint density at radius 1 is 1.13 bits per heavy atom. The van der Waals surface area contributed by atoms with Crippen molar-refractivity contribution in [1.82, 2.24) is 0 Å². The molecule has 3 N–H and O–H groups in total. The highest BCUT2D eigenvalue weighted by molar-refractivity contribution is 5.81. The first-order chi connectivity index (χ1) is 6.98. The van der Waals surface area contributed by atoms with Crippen molar-refractivity contribution < 1.29 is 19.7 Å². The van der Waals surface area contributed by atoms with Gasteiger partial charge in [0.2, 0.25) is 0 Å². The quantitative estimate of drug-likeness (QED) is 0.568. The number of hydrogen-bond acceptors (Lipinski definition) is 5. The molecule has 0 aliphatic carbocycles. The van der Waals surface area contributed by atoms with Crippen LogP contribution in [-0.4, -0.2) is 15.3 Å². The van der Waals surface area contributed by atoms with E-state index in [1.807, 2.05) is 0 Å². The Labute approximate surface area is 83.8 Å². The molecule has 0 saturated carbocycles. The van der Waals surface area contributed by atoms with Gasteiger partial charge in [0.05, 0.1) is 5.39 Å². The van der Waals surface area contributed by atoms with Crippen molar-refractivity contribution in [2.75, 3.05) is 0 Å². The van der Waals surface area contributed by atoms with E-state index in [0.29, 0.717) is 10.8 Å². The van der Waals surface area contributed by atoms with E-state index >= 15 is 0 Å². The van der Waals surface area contributed by atoms with Gasteiger partial charge in [-0.15, -0.1) is 0 Å². The zero-order valence-electron chi connectivity index (χ0n) is 7.54. The fourth-order valence-corrected chi connectivity index (χ4v) is 1.30. The van der Waals surface area contributed by atoms with Gasteiger partial charge in [0, 0.05) is 0 Å². The van der Waals surface area contributed by atoms with E-state index in [0.717, 1.165) is 0 Å². The first kappa shape index (κ1) is 9.85. The largest absolute Gasteiger partial charge is 0.419 e. The molecule has 78 valence electrons. The maximum Gasteiger partial charge on any atom is 0.344 e. The third kappa shape index (κ3) is 1.75. The molecule has 15 heavy (non-hydrogen) atoms. The van der Waals surface area contributed by atoms with Crippen molar-refractivity contribution in [3.63, 3.8) is 0 Å². The summed E-state index contributed by atoms with van der Waals surface area (Å²) in [5, 5.41) is 27.3. The van der Waals surface area contributed by atoms with Gasteiger partial charge in [0.1, 0.15) is 0 Å². The Hall–Kier alpha value is -1.69. The minimum atomic E-state index is -3.14. The summed E-state index contributed by atoms with van der Waals surface area (Å²) >= 11 is 0. The molecular formula is C10H8O5. The van der Waals surface area contributed by atoms with E-state index in [9.17, 15) is 4.79 Å². The van der Waals surface area contributed by atoms with E-state index in [2.05, 4.69) is 4.42 Å². The Bertz CT molecular complexity index is 549. The molecule has 0 fully saturated rings. The standard InChI is InChI=1S/C10H8O5/c11-9-7-4-2-1-3-6(7)5-8(15-9)10(12,13)14/h1-5,12-14H. The molecule has 0 saturated heterocycles. The maximum absolute atomic E-state index is 11.3. The topological polar surface area (TPSA) is 90.9 Å². The molecule has 2 rings (SSSR count). The highest BCUT2D eigenvalue weighted by Gasteiger charge is 2.26. The monoisotopic (exact) mass is 208 g/mol. The number of rotatable bonds is 1. The van der Waals surface area contributed by atoms with E-state index < -0.39 is 17.4 Å². The molecule has 2 aromatic rings. The van der Waals surface area contributed by atoms with Gasteiger partial charge in [-0.3, -0.25) is 0 Å². The molecule has 1 aromatic heterocycles. The van der Waals surface area contributed by atoms with Crippen LogP contribution in [0.5, 0.6) is 0 Å². The minimum absolute atomic E-state index is 0.311. The summed E-state index contributed by atoms with van der Waals surface area (Å²) in [6, 6.07) is 7.67. The van der Waals surface area contributed by atoms with Crippen LogP contribution in [0.15, 0.2) is 39.5 Å². The van der Waals surface area contributed by atoms with Crippen LogP contribution in [0.25, 0.3) is 10.8 Å². The summed E-state index contributed by atoms with van der Waals surface area (Å²) in [5.74, 6) is -3.74. The van der Waals surface area contributed by atoms with Gasteiger partial charge < -0.3 is 19.7 Å². The Balaban J connectivity index is 2.79. The fourth-order valence-electron chi connectivity index (χ4n) is 1.30. The highest BCUT2D eigenvalue weighted by Crippen LogP contribution is 2.17. The van der Waals surface area contributed by atoms with Gasteiger partial charge in [0.15, 0.2) is 5.76 Å². The van der Waals surface area contributed by atoms with Crippen LogP contribution < -0.4 is 5.63 Å². The number of fused-ring (bicyclic) bond motifs is 1. The van der Waals surface area contributed by atoms with Crippen LogP contribution in [0.4, 0.5) is 0 Å². The lowest BCUT2D eigenvalue weighted by Gasteiger charge is -2.12. The van der Waals surface area contributed by atoms with Crippen LogP contribution in [-0.2, 0) is 5.97 Å². The van der Waals surface area contributed by atoms with Crippen LogP contribution in [0.3, 0.4) is 0 Å². The normalized spacial score (nSPS) is 11.9. The van der Waals surface area contributed by atoms with Gasteiger partial charge in [-0.05, 0) is 17.5 Å². The Kier molecular flexibility index (Phi) is 2.08. The fraction of sp³-hybridized carbons (Fsp3) is 0.100. The minimum Gasteiger partial charge on any atom is -0.419 e. The molecule has 0 atom stereocenters. The third-order valence-corrected chi connectivity index (χ3v) is 2.00. The SMILES string of the molecule is O=c1oc(C(O)(O)O)cc2ccccc12. The summed E-state index contributed by atoms with van der Waals surface area (Å²) < 4.78 is 4.55. The lowest BCUT2D eigenvalue weighted by molar-refractivity contribution is -0.334. The van der Waals surface area contributed by atoms with E-state index in [-0.39, 0.29) is 0 Å². The molecule has 0 bridgehead atoms. The number of aliphatic hydroxyl groups is 3. The van der Waals surface area contributed by atoms with Gasteiger partial charge in [-0.2, -0.15) is 0 Å². The second-order valence-corrected chi connectivity index (χ2v) is 3.12. The lowest BCUT2D eigenvalue weighted by atomic mass is 10.1. The second kappa shape index (κ2) is 3.16. The zero-order chi connectivity index (χ0) is 11.1. The first-order valence-corrected chi connectivity index (χ1v) is 4.19. The Morgan fingerprint density at radius 2 is 1.80 bits per heavy atom. The predicted octanol–water partition coefficient (Wildman–Crippen LogP) is -0.120. The molecule has 0 unspecified atom stereocenters. The molecule has 0 radical (unpaired) electrons. The molecule has 0 amide bonds. The van der Waals surface area contributed by atoms with E-state index in [1.54, 1.807) is 24.3 Å². The van der Waals surface area contributed by atoms with Crippen LogP contribution >= 0.6 is 0 Å². The highest BCUT2D eigenvalue weighted by atomic mass is 16.7. The summed E-state index contributed by atoms with van der Waals surface area (Å²) in [7, 11) is 0. The van der Waals surface area contributed by atoms with Crippen molar-refractivity contribution in [3.05, 3.63) is 46.5 Å². The van der Waals surface area contributed by atoms with Crippen molar-refractivity contribution in [3.8, 4) is 0 Å².